The van der Waals surface area contributed by atoms with Gasteiger partial charge in [-0.3, -0.25) is 0 Å². The van der Waals surface area contributed by atoms with Crippen molar-refractivity contribution >= 4 is 11.9 Å². The number of carbonyl (C=O) groups is 2. The summed E-state index contributed by atoms with van der Waals surface area (Å²) in [7, 11) is 0. The van der Waals surface area contributed by atoms with Crippen LogP contribution in [0.2, 0.25) is 0 Å². The van der Waals surface area contributed by atoms with Gasteiger partial charge in [-0.05, 0) is 74.2 Å². The zero-order chi connectivity index (χ0) is 18.7. The number of rotatable bonds is 4. The molecule has 2 aromatic rings. The number of aryl methyl sites for hydroxylation is 4. The molecule has 0 unspecified atom stereocenters. The average Bonchev–Trinajstić information content (AvgIpc) is 2.56. The lowest BCUT2D eigenvalue weighted by Gasteiger charge is -2.10. The van der Waals surface area contributed by atoms with Gasteiger partial charge in [0, 0.05) is 0 Å². The van der Waals surface area contributed by atoms with Gasteiger partial charge >= 0.3 is 11.9 Å². The number of hydrogen-bond acceptors (Lipinski definition) is 6. The van der Waals surface area contributed by atoms with Gasteiger partial charge in [-0.25, -0.2) is 9.59 Å². The van der Waals surface area contributed by atoms with Crippen molar-refractivity contribution in [1.29, 1.82) is 0 Å². The van der Waals surface area contributed by atoms with E-state index < -0.39 is 18.7 Å². The Hall–Kier alpha value is -3.02. The number of carbonyl (C=O) groups excluding carboxylic acids is 2. The molecular weight excluding hydrogens is 324 g/mol. The SMILES string of the molecule is Cc1cc(C(=O)OCOC(=O)c2cc(C)c(O)c(C)c2)cc(C)c1O. The summed E-state index contributed by atoms with van der Waals surface area (Å²) in [5.74, 6) is -1.06. The Labute approximate surface area is 145 Å². The molecule has 25 heavy (non-hydrogen) atoms. The van der Waals surface area contributed by atoms with E-state index in [0.29, 0.717) is 22.3 Å². The fourth-order valence-electron chi connectivity index (χ4n) is 2.45. The minimum absolute atomic E-state index is 0.126. The average molecular weight is 344 g/mol. The van der Waals surface area contributed by atoms with Gasteiger partial charge in [0.2, 0.25) is 6.79 Å². The van der Waals surface area contributed by atoms with Crippen LogP contribution in [0.1, 0.15) is 43.0 Å². The second-order valence-corrected chi connectivity index (χ2v) is 5.90. The summed E-state index contributed by atoms with van der Waals surface area (Å²) in [6.45, 7) is 6.17. The fraction of sp³-hybridized carbons (Fsp3) is 0.263. The molecule has 0 aliphatic carbocycles. The minimum Gasteiger partial charge on any atom is -0.507 e. The van der Waals surface area contributed by atoms with Crippen molar-refractivity contribution in [2.45, 2.75) is 27.7 Å². The van der Waals surface area contributed by atoms with Gasteiger partial charge < -0.3 is 19.7 Å². The summed E-state index contributed by atoms with van der Waals surface area (Å²) >= 11 is 0. The number of phenols is 2. The maximum atomic E-state index is 12.0. The predicted octanol–water partition coefficient (Wildman–Crippen LogP) is 3.30. The zero-order valence-electron chi connectivity index (χ0n) is 14.5. The molecule has 2 rings (SSSR count). The summed E-state index contributed by atoms with van der Waals surface area (Å²) < 4.78 is 9.88. The third-order valence-electron chi connectivity index (χ3n) is 3.83. The van der Waals surface area contributed by atoms with Gasteiger partial charge in [0.05, 0.1) is 11.1 Å². The Bertz CT molecular complexity index is 722. The molecule has 0 saturated heterocycles. The molecule has 0 aromatic heterocycles. The van der Waals surface area contributed by atoms with E-state index in [4.69, 9.17) is 9.47 Å². The van der Waals surface area contributed by atoms with E-state index in [1.807, 2.05) is 0 Å². The van der Waals surface area contributed by atoms with Crippen LogP contribution in [-0.2, 0) is 9.47 Å². The highest BCUT2D eigenvalue weighted by molar-refractivity contribution is 5.91. The van der Waals surface area contributed by atoms with E-state index in [1.165, 1.54) is 24.3 Å². The van der Waals surface area contributed by atoms with Crippen LogP contribution in [0.5, 0.6) is 11.5 Å². The Morgan fingerprint density at radius 1 is 0.720 bits per heavy atom. The monoisotopic (exact) mass is 344 g/mol. The van der Waals surface area contributed by atoms with Gasteiger partial charge in [0.25, 0.3) is 0 Å². The molecule has 132 valence electrons. The summed E-state index contributed by atoms with van der Waals surface area (Å²) in [5, 5.41) is 19.4. The molecular formula is C19H20O6. The van der Waals surface area contributed by atoms with Crippen molar-refractivity contribution in [3.8, 4) is 11.5 Å². The minimum atomic E-state index is -0.655. The summed E-state index contributed by atoms with van der Waals surface area (Å²) in [6.07, 6.45) is 0. The lowest BCUT2D eigenvalue weighted by atomic mass is 10.1. The third-order valence-corrected chi connectivity index (χ3v) is 3.83. The largest absolute Gasteiger partial charge is 0.507 e. The fourth-order valence-corrected chi connectivity index (χ4v) is 2.45. The molecule has 0 saturated carbocycles. The lowest BCUT2D eigenvalue weighted by molar-refractivity contribution is -0.0167. The van der Waals surface area contributed by atoms with Crippen LogP contribution >= 0.6 is 0 Å². The number of hydrogen-bond donors (Lipinski definition) is 2. The van der Waals surface area contributed by atoms with Crippen LogP contribution in [0.4, 0.5) is 0 Å². The molecule has 0 heterocycles. The first kappa shape index (κ1) is 18.3. The van der Waals surface area contributed by atoms with Crippen LogP contribution in [-0.4, -0.2) is 28.9 Å². The predicted molar refractivity (Wildman–Crippen MR) is 90.9 cm³/mol. The number of esters is 2. The van der Waals surface area contributed by atoms with Crippen LogP contribution in [0.3, 0.4) is 0 Å². The Morgan fingerprint density at radius 2 is 1.00 bits per heavy atom. The van der Waals surface area contributed by atoms with E-state index in [9.17, 15) is 19.8 Å². The van der Waals surface area contributed by atoms with E-state index in [0.717, 1.165) is 0 Å². The van der Waals surface area contributed by atoms with Gasteiger partial charge in [0.1, 0.15) is 11.5 Å². The third kappa shape index (κ3) is 4.09. The lowest BCUT2D eigenvalue weighted by Crippen LogP contribution is -2.13. The molecule has 0 radical (unpaired) electrons. The topological polar surface area (TPSA) is 93.1 Å². The Balaban J connectivity index is 1.98. The molecule has 0 bridgehead atoms. The number of aromatic hydroxyl groups is 2. The highest BCUT2D eigenvalue weighted by atomic mass is 16.7. The van der Waals surface area contributed by atoms with E-state index in [-0.39, 0.29) is 22.6 Å². The van der Waals surface area contributed by atoms with E-state index in [1.54, 1.807) is 27.7 Å². The maximum Gasteiger partial charge on any atom is 0.341 e. The zero-order valence-corrected chi connectivity index (χ0v) is 14.5. The molecule has 0 amide bonds. The first-order valence-electron chi connectivity index (χ1n) is 7.65. The highest BCUT2D eigenvalue weighted by Crippen LogP contribution is 2.24. The highest BCUT2D eigenvalue weighted by Gasteiger charge is 2.14. The first-order valence-corrected chi connectivity index (χ1v) is 7.65. The maximum absolute atomic E-state index is 12.0. The molecule has 0 atom stereocenters. The van der Waals surface area contributed by atoms with Gasteiger partial charge in [0.15, 0.2) is 0 Å². The second kappa shape index (κ2) is 7.25. The Morgan fingerprint density at radius 3 is 1.28 bits per heavy atom. The van der Waals surface area contributed by atoms with E-state index in [2.05, 4.69) is 0 Å². The summed E-state index contributed by atoms with van der Waals surface area (Å²) in [5.41, 5.74) is 2.75. The van der Waals surface area contributed by atoms with Crippen molar-refractivity contribution in [3.05, 3.63) is 57.6 Å². The van der Waals surface area contributed by atoms with Crippen LogP contribution < -0.4 is 0 Å². The smallest absolute Gasteiger partial charge is 0.341 e. The van der Waals surface area contributed by atoms with Crippen LogP contribution in [0.15, 0.2) is 24.3 Å². The molecule has 0 fully saturated rings. The summed E-state index contributed by atoms with van der Waals surface area (Å²) in [6, 6.07) is 6.00. The van der Waals surface area contributed by atoms with Crippen molar-refractivity contribution in [2.24, 2.45) is 0 Å². The van der Waals surface area contributed by atoms with E-state index >= 15 is 0 Å². The quantitative estimate of drug-likeness (QED) is 0.653. The summed E-state index contributed by atoms with van der Waals surface area (Å²) in [4.78, 5) is 24.0. The number of benzene rings is 2. The first-order chi connectivity index (χ1) is 11.7. The van der Waals surface area contributed by atoms with Crippen molar-refractivity contribution in [1.82, 2.24) is 0 Å². The molecule has 0 aliphatic rings. The van der Waals surface area contributed by atoms with Crippen LogP contribution in [0, 0.1) is 27.7 Å². The molecule has 2 N–H and O–H groups in total. The van der Waals surface area contributed by atoms with Gasteiger partial charge in [-0.15, -0.1) is 0 Å². The van der Waals surface area contributed by atoms with Crippen molar-refractivity contribution in [3.63, 3.8) is 0 Å². The molecule has 0 aliphatic heterocycles. The molecule has 2 aromatic carbocycles. The number of ether oxygens (including phenoxy) is 2. The molecule has 6 heteroatoms. The van der Waals surface area contributed by atoms with Crippen LogP contribution in [0.25, 0.3) is 0 Å². The van der Waals surface area contributed by atoms with Crippen molar-refractivity contribution in [2.75, 3.05) is 6.79 Å². The normalized spacial score (nSPS) is 10.4. The molecule has 0 spiro atoms. The second-order valence-electron chi connectivity index (χ2n) is 5.90. The Kier molecular flexibility index (Phi) is 5.32. The standard InChI is InChI=1S/C19H20O6/c1-10-5-14(6-11(2)16(10)20)18(22)24-9-25-19(23)15-7-12(3)17(21)13(4)8-15/h5-8,20-21H,9H2,1-4H3. The van der Waals surface area contributed by atoms with Crippen molar-refractivity contribution < 1.29 is 29.3 Å². The molecule has 6 nitrogen and oxygen atoms in total. The number of phenolic OH excluding ortho intramolecular Hbond substituents is 2. The van der Waals surface area contributed by atoms with Gasteiger partial charge in [-0.1, -0.05) is 0 Å². The van der Waals surface area contributed by atoms with Gasteiger partial charge in [-0.2, -0.15) is 0 Å².